The number of hydrogen-bond acceptors (Lipinski definition) is 20. The molecule has 69 heavy (non-hydrogen) atoms. The number of esters is 3. The van der Waals surface area contributed by atoms with Gasteiger partial charge in [-0.05, 0) is 36.0 Å². The smallest absolute Gasteiger partial charge is 1.00 e. The Morgan fingerprint density at radius 3 is 1.42 bits per heavy atom. The fourth-order valence-corrected chi connectivity index (χ4v) is 6.22. The summed E-state index contributed by atoms with van der Waals surface area (Å²) in [5, 5.41) is 0.626. The van der Waals surface area contributed by atoms with Crippen molar-refractivity contribution in [2.45, 2.75) is 74.0 Å². The van der Waals surface area contributed by atoms with E-state index in [9.17, 15) is 57.5 Å². The summed E-state index contributed by atoms with van der Waals surface area (Å²) in [5.41, 5.74) is -5.30. The third-order valence-corrected chi connectivity index (χ3v) is 9.60. The minimum absolute atomic E-state index is 0. The number of fused-ring (bicyclic) bond motifs is 3. The molecule has 0 radical (unpaired) electrons. The van der Waals surface area contributed by atoms with Gasteiger partial charge in [0.25, 0.3) is 16.7 Å². The van der Waals surface area contributed by atoms with Crippen molar-refractivity contribution in [3.8, 4) is 0 Å². The number of aromatic amines is 2. The van der Waals surface area contributed by atoms with Gasteiger partial charge in [-0.15, -0.1) is 0 Å². The number of ether oxygens (including phenoxy) is 5. The Morgan fingerprint density at radius 1 is 0.565 bits per heavy atom. The van der Waals surface area contributed by atoms with Crippen LogP contribution in [-0.4, -0.2) is 87.0 Å². The summed E-state index contributed by atoms with van der Waals surface area (Å²) < 4.78 is 41.2. The normalized spacial score (nSPS) is 10.3. The molecular weight excluding hydrogens is 999 g/mol. The van der Waals surface area contributed by atoms with Gasteiger partial charge in [-0.1, -0.05) is 44.1 Å². The standard InChI is InChI=1S/C14H16N2O7.C12H12N2O6.C11H12N2O5.C3H5BrO2.CH4.Na.H/c1-4-8-5-9(17)23-13-11(8)12(19)15(6-10(18)22-3)14(20)16(13)7-21-2;1-3-6-4-7(15)20-10-9(6)11(17)14(12(18)13-10)5-8(16)19-2;1-3-6-4-7(14)18-10-8(6)9(15)12-11(16)13(10)5-17-2;1-6-3(5)2-4;;;/h5H,4,6-7H2,1-3H3;4H,3,5H2,1-2H3,(H,13,18);4H,3,5H2,1-2H3,(H,12,15,16);2H2,1H3;1H4;;/q;;;;;+1;-1. The summed E-state index contributed by atoms with van der Waals surface area (Å²) in [7, 11) is 6.39. The molecule has 0 atom stereocenters. The van der Waals surface area contributed by atoms with Crippen molar-refractivity contribution in [1.82, 2.24) is 28.2 Å². The number of H-pyrrole nitrogens is 2. The van der Waals surface area contributed by atoms with Crippen LogP contribution >= 0.6 is 15.9 Å². The number of nitrogens with one attached hydrogen (secondary N) is 2. The predicted octanol–water partition coefficient (Wildman–Crippen LogP) is -3.05. The van der Waals surface area contributed by atoms with Gasteiger partial charge in [0.2, 0.25) is 17.1 Å². The van der Waals surface area contributed by atoms with Gasteiger partial charge in [0.05, 0.1) is 21.3 Å². The average Bonchev–Trinajstić information content (AvgIpc) is 3.30. The van der Waals surface area contributed by atoms with Crippen LogP contribution in [0.5, 0.6) is 0 Å². The van der Waals surface area contributed by atoms with E-state index in [-0.39, 0.29) is 96.5 Å². The third kappa shape index (κ3) is 14.7. The van der Waals surface area contributed by atoms with Gasteiger partial charge >= 0.3 is 81.4 Å². The van der Waals surface area contributed by atoms with Crippen molar-refractivity contribution in [3.05, 3.63) is 129 Å². The molecule has 0 spiro atoms. The second-order valence-corrected chi connectivity index (χ2v) is 13.8. The number of carbonyl (C=O) groups is 3. The molecule has 0 aliphatic heterocycles. The van der Waals surface area contributed by atoms with Crippen LogP contribution in [0.2, 0.25) is 0 Å². The van der Waals surface area contributed by atoms with Gasteiger partial charge in [-0.2, -0.15) is 0 Å². The summed E-state index contributed by atoms with van der Waals surface area (Å²) in [6, 6.07) is 3.62. The van der Waals surface area contributed by atoms with Gasteiger partial charge in [0.1, 0.15) is 48.0 Å². The quantitative estimate of drug-likeness (QED) is 0.0532. The number of hydrogen-bond donors (Lipinski definition) is 2. The molecule has 0 fully saturated rings. The SMILES string of the molecule is C.CCc1cc(=O)oc2[nH]c(=O)n(CC(=O)OC)c(=O)c12.CCc1cc(=O)oc2c1c(=O)[nH]c(=O)n2COC.CCc1cc(=O)oc2c1c(=O)n(CC(=O)OC)c(=O)n2COC.COC(=O)CBr.[H-].[Na+]. The molecule has 0 aromatic carbocycles. The van der Waals surface area contributed by atoms with E-state index in [0.717, 1.165) is 27.9 Å². The zero-order valence-corrected chi connectivity index (χ0v) is 41.8. The van der Waals surface area contributed by atoms with E-state index in [1.165, 1.54) is 39.5 Å². The summed E-state index contributed by atoms with van der Waals surface area (Å²) in [4.78, 5) is 144. The van der Waals surface area contributed by atoms with Crippen molar-refractivity contribution in [1.29, 1.82) is 0 Å². The van der Waals surface area contributed by atoms with Crippen molar-refractivity contribution in [3.63, 3.8) is 0 Å². The molecule has 0 saturated carbocycles. The molecule has 2 N–H and O–H groups in total. The molecule has 372 valence electrons. The van der Waals surface area contributed by atoms with Gasteiger partial charge in [0.15, 0.2) is 0 Å². The molecule has 0 saturated heterocycles. The molecule has 0 unspecified atom stereocenters. The van der Waals surface area contributed by atoms with Crippen LogP contribution < -0.4 is 80.2 Å². The van der Waals surface area contributed by atoms with E-state index >= 15 is 0 Å². The zero-order chi connectivity index (χ0) is 50.3. The third-order valence-electron chi connectivity index (χ3n) is 9.15. The number of carbonyl (C=O) groups excluding carboxylic acids is 3. The number of nitrogens with zero attached hydrogens (tertiary/aromatic N) is 4. The molecule has 28 heteroatoms. The molecule has 6 aromatic rings. The molecule has 26 nitrogen and oxygen atoms in total. The number of halogens is 1. The van der Waals surface area contributed by atoms with Gasteiger partial charge in [0, 0.05) is 32.4 Å². The van der Waals surface area contributed by atoms with Gasteiger partial charge < -0.3 is 38.4 Å². The van der Waals surface area contributed by atoms with Crippen LogP contribution in [0, 0.1) is 0 Å². The largest absolute Gasteiger partial charge is 1.00 e. The summed E-state index contributed by atoms with van der Waals surface area (Å²) in [5.74, 6) is -1.72. The number of alkyl halides is 1. The van der Waals surface area contributed by atoms with Crippen LogP contribution in [0.3, 0.4) is 0 Å². The van der Waals surface area contributed by atoms with E-state index in [1.54, 1.807) is 20.8 Å². The van der Waals surface area contributed by atoms with Gasteiger partial charge in [-0.25, -0.2) is 47.0 Å². The average molecular weight is 1050 g/mol. The molecule has 6 aromatic heterocycles. The maximum atomic E-state index is 12.6. The fraction of sp³-hybridized carbons (Fsp3) is 0.415. The first-order chi connectivity index (χ1) is 31.8. The first kappa shape index (κ1) is 60.5. The van der Waals surface area contributed by atoms with E-state index in [2.05, 4.69) is 40.1 Å². The Morgan fingerprint density at radius 2 is 0.971 bits per heavy atom. The maximum absolute atomic E-state index is 12.6. The van der Waals surface area contributed by atoms with Crippen LogP contribution in [0.25, 0.3) is 33.3 Å². The van der Waals surface area contributed by atoms with Crippen molar-refractivity contribution < 1.29 is 82.3 Å². The minimum Gasteiger partial charge on any atom is -1.00 e. The Bertz CT molecular complexity index is 3360. The fourth-order valence-electron chi connectivity index (χ4n) is 5.99. The van der Waals surface area contributed by atoms with E-state index in [0.29, 0.717) is 40.5 Å². The second kappa shape index (κ2) is 28.1. The molecule has 6 rings (SSSR count). The number of aryl methyl sites for hydroxylation is 3. The molecule has 0 aliphatic rings. The molecule has 0 aliphatic carbocycles. The molecule has 6 heterocycles. The summed E-state index contributed by atoms with van der Waals surface area (Å²) in [6.07, 6.45) is 1.26. The number of aromatic nitrogens is 6. The Kier molecular flexibility index (Phi) is 24.6. The molecular formula is C41H50BrN6NaO20. The Hall–Kier alpha value is -6.52. The van der Waals surface area contributed by atoms with Crippen LogP contribution in [0.1, 0.15) is 46.3 Å². The van der Waals surface area contributed by atoms with E-state index in [1.807, 2.05) is 0 Å². The first-order valence-corrected chi connectivity index (χ1v) is 20.6. The van der Waals surface area contributed by atoms with E-state index in [4.69, 9.17) is 22.7 Å². The Labute approximate surface area is 419 Å². The van der Waals surface area contributed by atoms with Crippen LogP contribution in [0.15, 0.2) is 74.6 Å². The second-order valence-electron chi connectivity index (χ2n) is 13.2. The molecule has 0 bridgehead atoms. The van der Waals surface area contributed by atoms with Crippen LogP contribution in [-0.2, 0) is 83.9 Å². The number of rotatable bonds is 12. The van der Waals surface area contributed by atoms with Crippen LogP contribution in [0.4, 0.5) is 0 Å². The van der Waals surface area contributed by atoms with Crippen molar-refractivity contribution in [2.75, 3.05) is 40.9 Å². The zero-order valence-electron chi connectivity index (χ0n) is 39.2. The molecule has 0 amide bonds. The minimum atomic E-state index is -0.843. The van der Waals surface area contributed by atoms with Crippen molar-refractivity contribution >= 4 is 67.1 Å². The number of methoxy groups -OCH3 is 5. The summed E-state index contributed by atoms with van der Waals surface area (Å²) >= 11 is 2.90. The predicted molar refractivity (Wildman–Crippen MR) is 246 cm³/mol. The van der Waals surface area contributed by atoms with Crippen molar-refractivity contribution in [2.24, 2.45) is 0 Å². The van der Waals surface area contributed by atoms with E-state index < -0.39 is 75.7 Å². The first-order valence-electron chi connectivity index (χ1n) is 19.5. The Balaban J connectivity index is 0.000000948. The topological polar surface area (TPSA) is 342 Å². The maximum Gasteiger partial charge on any atom is 1.00 e. The monoisotopic (exact) mass is 1050 g/mol. The van der Waals surface area contributed by atoms with Gasteiger partial charge in [-0.3, -0.25) is 38.7 Å². The summed E-state index contributed by atoms with van der Waals surface area (Å²) in [6.45, 7) is 3.90.